The SMILES string of the molecule is O=C(O)C1CCn2nc(-c3cccc(Cl)c3)nc2C1. The van der Waals surface area contributed by atoms with Crippen LogP contribution in [0.5, 0.6) is 0 Å². The summed E-state index contributed by atoms with van der Waals surface area (Å²) < 4.78 is 1.79. The normalized spacial score (nSPS) is 18.1. The fraction of sp³-hybridized carbons (Fsp3) is 0.308. The molecule has 98 valence electrons. The minimum Gasteiger partial charge on any atom is -0.481 e. The zero-order chi connectivity index (χ0) is 13.4. The molecular formula is C13H12ClN3O2. The highest BCUT2D eigenvalue weighted by Crippen LogP contribution is 2.24. The minimum absolute atomic E-state index is 0.357. The van der Waals surface area contributed by atoms with Crippen LogP contribution in [0, 0.1) is 5.92 Å². The summed E-state index contributed by atoms with van der Waals surface area (Å²) in [4.78, 5) is 15.4. The van der Waals surface area contributed by atoms with Gasteiger partial charge in [0.25, 0.3) is 0 Å². The van der Waals surface area contributed by atoms with Gasteiger partial charge in [0.2, 0.25) is 0 Å². The number of benzene rings is 1. The Morgan fingerprint density at radius 2 is 2.32 bits per heavy atom. The Morgan fingerprint density at radius 3 is 3.05 bits per heavy atom. The maximum atomic E-state index is 11.0. The van der Waals surface area contributed by atoms with Gasteiger partial charge >= 0.3 is 5.97 Å². The summed E-state index contributed by atoms with van der Waals surface area (Å²) >= 11 is 5.95. The molecular weight excluding hydrogens is 266 g/mol. The molecule has 1 aromatic carbocycles. The van der Waals surface area contributed by atoms with Crippen LogP contribution in [0.2, 0.25) is 5.02 Å². The van der Waals surface area contributed by atoms with E-state index in [-0.39, 0.29) is 5.92 Å². The van der Waals surface area contributed by atoms with Crippen LogP contribution in [0.25, 0.3) is 11.4 Å². The predicted octanol–water partition coefficient (Wildman–Crippen LogP) is 2.25. The van der Waals surface area contributed by atoms with Gasteiger partial charge in [0.15, 0.2) is 5.82 Å². The zero-order valence-electron chi connectivity index (χ0n) is 10.1. The Bertz CT molecular complexity index is 639. The van der Waals surface area contributed by atoms with E-state index in [9.17, 15) is 4.79 Å². The van der Waals surface area contributed by atoms with E-state index >= 15 is 0 Å². The van der Waals surface area contributed by atoms with E-state index in [1.165, 1.54) is 0 Å². The van der Waals surface area contributed by atoms with Gasteiger partial charge in [-0.1, -0.05) is 23.7 Å². The van der Waals surface area contributed by atoms with Crippen molar-refractivity contribution in [2.24, 2.45) is 5.92 Å². The second-order valence-corrected chi connectivity index (χ2v) is 5.05. The topological polar surface area (TPSA) is 68.0 Å². The van der Waals surface area contributed by atoms with E-state index in [4.69, 9.17) is 16.7 Å². The molecule has 5 nitrogen and oxygen atoms in total. The molecule has 1 N–H and O–H groups in total. The van der Waals surface area contributed by atoms with Crippen LogP contribution in [-0.2, 0) is 17.8 Å². The van der Waals surface area contributed by atoms with Crippen molar-refractivity contribution in [1.29, 1.82) is 0 Å². The van der Waals surface area contributed by atoms with E-state index < -0.39 is 5.97 Å². The second-order valence-electron chi connectivity index (χ2n) is 4.61. The molecule has 1 atom stereocenters. The minimum atomic E-state index is -0.765. The standard InChI is InChI=1S/C13H12ClN3O2/c14-10-3-1-2-8(6-10)12-15-11-7-9(13(18)19)4-5-17(11)16-12/h1-3,6,9H,4-5,7H2,(H,18,19). The molecule has 1 aliphatic rings. The number of aryl methyl sites for hydroxylation is 1. The highest BCUT2D eigenvalue weighted by atomic mass is 35.5. The lowest BCUT2D eigenvalue weighted by atomic mass is 9.98. The highest BCUT2D eigenvalue weighted by molar-refractivity contribution is 6.30. The Hall–Kier alpha value is -1.88. The van der Waals surface area contributed by atoms with Crippen molar-refractivity contribution >= 4 is 17.6 Å². The van der Waals surface area contributed by atoms with Crippen molar-refractivity contribution < 1.29 is 9.90 Å². The van der Waals surface area contributed by atoms with Gasteiger partial charge in [0, 0.05) is 23.6 Å². The third kappa shape index (κ3) is 2.33. The van der Waals surface area contributed by atoms with E-state index in [1.54, 1.807) is 16.8 Å². The number of rotatable bonds is 2. The monoisotopic (exact) mass is 277 g/mol. The summed E-state index contributed by atoms with van der Waals surface area (Å²) in [6.45, 7) is 0.597. The number of hydrogen-bond donors (Lipinski definition) is 1. The van der Waals surface area contributed by atoms with Crippen molar-refractivity contribution in [2.75, 3.05) is 0 Å². The molecule has 2 heterocycles. The third-order valence-corrected chi connectivity index (χ3v) is 3.53. The third-order valence-electron chi connectivity index (χ3n) is 3.30. The van der Waals surface area contributed by atoms with Gasteiger partial charge < -0.3 is 5.11 Å². The maximum absolute atomic E-state index is 11.0. The number of aromatic nitrogens is 3. The number of nitrogens with zero attached hydrogens (tertiary/aromatic N) is 3. The maximum Gasteiger partial charge on any atom is 0.307 e. The van der Waals surface area contributed by atoms with Crippen molar-refractivity contribution in [3.05, 3.63) is 35.1 Å². The molecule has 2 aromatic rings. The Balaban J connectivity index is 1.93. The van der Waals surface area contributed by atoms with Gasteiger partial charge in [-0.25, -0.2) is 9.67 Å². The lowest BCUT2D eigenvalue weighted by Gasteiger charge is -2.17. The molecule has 0 bridgehead atoms. The summed E-state index contributed by atoms with van der Waals surface area (Å²) in [5.41, 5.74) is 0.848. The van der Waals surface area contributed by atoms with E-state index in [1.807, 2.05) is 12.1 Å². The van der Waals surface area contributed by atoms with Crippen LogP contribution < -0.4 is 0 Å². The molecule has 0 saturated carbocycles. The molecule has 1 aliphatic heterocycles. The molecule has 0 radical (unpaired) electrons. The molecule has 0 fully saturated rings. The smallest absolute Gasteiger partial charge is 0.307 e. The number of halogens is 1. The highest BCUT2D eigenvalue weighted by Gasteiger charge is 2.26. The first-order chi connectivity index (χ1) is 9.13. The largest absolute Gasteiger partial charge is 0.481 e. The quantitative estimate of drug-likeness (QED) is 0.914. The number of hydrogen-bond acceptors (Lipinski definition) is 3. The van der Waals surface area contributed by atoms with Crippen LogP contribution in [0.3, 0.4) is 0 Å². The van der Waals surface area contributed by atoms with Crippen molar-refractivity contribution in [3.63, 3.8) is 0 Å². The first kappa shape index (κ1) is 12.2. The van der Waals surface area contributed by atoms with Crippen LogP contribution in [-0.4, -0.2) is 25.8 Å². The fourth-order valence-corrected chi connectivity index (χ4v) is 2.46. The summed E-state index contributed by atoms with van der Waals surface area (Å²) in [6.07, 6.45) is 1.03. The predicted molar refractivity (Wildman–Crippen MR) is 69.9 cm³/mol. The van der Waals surface area contributed by atoms with Crippen molar-refractivity contribution in [2.45, 2.75) is 19.4 Å². The number of aliphatic carboxylic acids is 1. The molecule has 0 amide bonds. The van der Waals surface area contributed by atoms with Gasteiger partial charge in [-0.05, 0) is 18.6 Å². The summed E-state index contributed by atoms with van der Waals surface area (Å²) in [7, 11) is 0. The van der Waals surface area contributed by atoms with Crippen molar-refractivity contribution in [3.8, 4) is 11.4 Å². The molecule has 19 heavy (non-hydrogen) atoms. The van der Waals surface area contributed by atoms with Crippen LogP contribution in [0.4, 0.5) is 0 Å². The number of carboxylic acid groups (broad SMARTS) is 1. The summed E-state index contributed by atoms with van der Waals surface area (Å²) in [5, 5.41) is 14.1. The lowest BCUT2D eigenvalue weighted by molar-refractivity contribution is -0.142. The molecule has 0 saturated heterocycles. The summed E-state index contributed by atoms with van der Waals surface area (Å²) in [5.74, 6) is 0.208. The van der Waals surface area contributed by atoms with Gasteiger partial charge in [0.05, 0.1) is 5.92 Å². The van der Waals surface area contributed by atoms with Crippen molar-refractivity contribution in [1.82, 2.24) is 14.8 Å². The Kier molecular flexibility index (Phi) is 2.98. The summed E-state index contributed by atoms with van der Waals surface area (Å²) in [6, 6.07) is 7.33. The van der Waals surface area contributed by atoms with E-state index in [0.29, 0.717) is 30.2 Å². The fourth-order valence-electron chi connectivity index (χ4n) is 2.27. The number of fused-ring (bicyclic) bond motifs is 1. The van der Waals surface area contributed by atoms with E-state index in [0.717, 1.165) is 11.4 Å². The second kappa shape index (κ2) is 4.66. The molecule has 6 heteroatoms. The first-order valence-electron chi connectivity index (χ1n) is 6.06. The first-order valence-corrected chi connectivity index (χ1v) is 6.44. The van der Waals surface area contributed by atoms with E-state index in [2.05, 4.69) is 10.1 Å². The van der Waals surface area contributed by atoms with Crippen LogP contribution in [0.15, 0.2) is 24.3 Å². The average Bonchev–Trinajstić information content (AvgIpc) is 2.81. The Morgan fingerprint density at radius 1 is 1.47 bits per heavy atom. The molecule has 1 aromatic heterocycles. The van der Waals surface area contributed by atoms with Gasteiger partial charge in [0.1, 0.15) is 5.82 Å². The molecule has 1 unspecified atom stereocenters. The molecule has 0 aliphatic carbocycles. The zero-order valence-corrected chi connectivity index (χ0v) is 10.8. The van der Waals surface area contributed by atoms with Crippen LogP contribution in [0.1, 0.15) is 12.2 Å². The average molecular weight is 278 g/mol. The number of carboxylic acids is 1. The van der Waals surface area contributed by atoms with Gasteiger partial charge in [-0.15, -0.1) is 0 Å². The lowest BCUT2D eigenvalue weighted by Crippen LogP contribution is -2.26. The van der Waals surface area contributed by atoms with Gasteiger partial charge in [-0.2, -0.15) is 5.10 Å². The molecule has 0 spiro atoms. The van der Waals surface area contributed by atoms with Gasteiger partial charge in [-0.3, -0.25) is 4.79 Å². The Labute approximate surface area is 114 Å². The molecule has 3 rings (SSSR count). The number of carbonyl (C=O) groups is 1. The van der Waals surface area contributed by atoms with Crippen LogP contribution >= 0.6 is 11.6 Å².